The summed E-state index contributed by atoms with van der Waals surface area (Å²) in [5.74, 6) is 0. The first-order chi connectivity index (χ1) is 8.22. The summed E-state index contributed by atoms with van der Waals surface area (Å²) in [5.41, 5.74) is 8.15. The third kappa shape index (κ3) is 4.00. The average Bonchev–Trinajstić information content (AvgIpc) is 2.39. The van der Waals surface area contributed by atoms with E-state index >= 15 is 0 Å². The number of hydrogen-bond donors (Lipinski definition) is 1. The summed E-state index contributed by atoms with van der Waals surface area (Å²) >= 11 is 0. The van der Waals surface area contributed by atoms with Crippen molar-refractivity contribution in [3.05, 3.63) is 24.0 Å². The zero-order valence-electron chi connectivity index (χ0n) is 11.3. The van der Waals surface area contributed by atoms with Crippen molar-refractivity contribution in [2.45, 2.75) is 46.1 Å². The molecule has 0 bridgehead atoms. The fourth-order valence-corrected chi connectivity index (χ4v) is 1.83. The van der Waals surface area contributed by atoms with Gasteiger partial charge in [0.1, 0.15) is 0 Å². The Bertz CT molecular complexity index is 308. The maximum Gasteiger partial charge on any atom is 0.0572 e. The molecule has 3 nitrogen and oxygen atoms in total. The molecule has 0 unspecified atom stereocenters. The molecule has 1 heterocycles. The van der Waals surface area contributed by atoms with Crippen molar-refractivity contribution in [3.8, 4) is 0 Å². The van der Waals surface area contributed by atoms with Gasteiger partial charge in [-0.3, -0.25) is 4.98 Å². The number of anilines is 1. The number of unbranched alkanes of at least 4 members (excludes halogenated alkanes) is 1. The lowest BCUT2D eigenvalue weighted by Crippen LogP contribution is -2.24. The van der Waals surface area contributed by atoms with E-state index in [9.17, 15) is 0 Å². The van der Waals surface area contributed by atoms with E-state index in [-0.39, 0.29) is 6.04 Å². The fraction of sp³-hybridized carbons (Fsp3) is 0.643. The Morgan fingerprint density at radius 2 is 2.06 bits per heavy atom. The van der Waals surface area contributed by atoms with Crippen LogP contribution in [0, 0.1) is 0 Å². The van der Waals surface area contributed by atoms with E-state index in [1.165, 1.54) is 18.5 Å². The molecule has 17 heavy (non-hydrogen) atoms. The summed E-state index contributed by atoms with van der Waals surface area (Å²) in [5, 5.41) is 0. The minimum absolute atomic E-state index is 0.0646. The number of hydrogen-bond acceptors (Lipinski definition) is 3. The quantitative estimate of drug-likeness (QED) is 0.789. The summed E-state index contributed by atoms with van der Waals surface area (Å²) in [6.45, 7) is 8.62. The second-order valence-electron chi connectivity index (χ2n) is 4.39. The van der Waals surface area contributed by atoms with Crippen LogP contribution in [-0.4, -0.2) is 18.1 Å². The van der Waals surface area contributed by atoms with Crippen LogP contribution in [0.2, 0.25) is 0 Å². The molecule has 0 aromatic carbocycles. The normalized spacial score (nSPS) is 12.5. The summed E-state index contributed by atoms with van der Waals surface area (Å²) in [6, 6.07) is 4.25. The van der Waals surface area contributed by atoms with Gasteiger partial charge in [0, 0.05) is 19.1 Å². The van der Waals surface area contributed by atoms with Crippen molar-refractivity contribution in [1.29, 1.82) is 0 Å². The SMILES string of the molecule is CCCCN(CC)c1ccc([C@H](N)CC)nc1. The van der Waals surface area contributed by atoms with Gasteiger partial charge >= 0.3 is 0 Å². The predicted molar refractivity (Wildman–Crippen MR) is 74.3 cm³/mol. The van der Waals surface area contributed by atoms with Gasteiger partial charge in [-0.1, -0.05) is 20.3 Å². The average molecular weight is 235 g/mol. The molecule has 1 atom stereocenters. The number of aromatic nitrogens is 1. The van der Waals surface area contributed by atoms with Crippen LogP contribution < -0.4 is 10.6 Å². The first-order valence-corrected chi connectivity index (χ1v) is 6.69. The van der Waals surface area contributed by atoms with Crippen molar-refractivity contribution >= 4 is 5.69 Å². The summed E-state index contributed by atoms with van der Waals surface area (Å²) < 4.78 is 0. The van der Waals surface area contributed by atoms with Crippen LogP contribution in [0.5, 0.6) is 0 Å². The molecule has 0 saturated heterocycles. The van der Waals surface area contributed by atoms with E-state index in [1.54, 1.807) is 0 Å². The van der Waals surface area contributed by atoms with Crippen LogP contribution >= 0.6 is 0 Å². The first-order valence-electron chi connectivity index (χ1n) is 6.69. The van der Waals surface area contributed by atoms with E-state index in [4.69, 9.17) is 5.73 Å². The van der Waals surface area contributed by atoms with Gasteiger partial charge in [0.05, 0.1) is 17.6 Å². The monoisotopic (exact) mass is 235 g/mol. The molecule has 1 rings (SSSR count). The van der Waals surface area contributed by atoms with Gasteiger partial charge in [-0.2, -0.15) is 0 Å². The molecule has 0 aliphatic heterocycles. The number of nitrogens with zero attached hydrogens (tertiary/aromatic N) is 2. The highest BCUT2D eigenvalue weighted by atomic mass is 15.1. The number of nitrogens with two attached hydrogens (primary N) is 1. The third-order valence-electron chi connectivity index (χ3n) is 3.12. The molecule has 0 aliphatic carbocycles. The molecule has 96 valence electrons. The van der Waals surface area contributed by atoms with Crippen LogP contribution in [0.1, 0.15) is 51.8 Å². The Morgan fingerprint density at radius 3 is 2.53 bits per heavy atom. The van der Waals surface area contributed by atoms with Gasteiger partial charge in [-0.15, -0.1) is 0 Å². The minimum atomic E-state index is 0.0646. The van der Waals surface area contributed by atoms with Crippen molar-refractivity contribution in [1.82, 2.24) is 4.98 Å². The van der Waals surface area contributed by atoms with E-state index in [0.29, 0.717) is 0 Å². The van der Waals surface area contributed by atoms with E-state index in [2.05, 4.69) is 42.8 Å². The van der Waals surface area contributed by atoms with Gasteiger partial charge < -0.3 is 10.6 Å². The summed E-state index contributed by atoms with van der Waals surface area (Å²) in [7, 11) is 0. The van der Waals surface area contributed by atoms with Crippen molar-refractivity contribution < 1.29 is 0 Å². The molecule has 0 amide bonds. The van der Waals surface area contributed by atoms with Crippen LogP contribution in [-0.2, 0) is 0 Å². The Balaban J connectivity index is 2.70. The standard InChI is InChI=1S/C14H25N3/c1-4-7-10-17(6-3)12-8-9-14(16-11-12)13(15)5-2/h8-9,11,13H,4-7,10,15H2,1-3H3/t13-/m1/s1. The number of pyridine rings is 1. The maximum absolute atomic E-state index is 5.96. The van der Waals surface area contributed by atoms with Crippen LogP contribution in [0.15, 0.2) is 18.3 Å². The second-order valence-corrected chi connectivity index (χ2v) is 4.39. The minimum Gasteiger partial charge on any atom is -0.371 e. The molecule has 0 aliphatic rings. The topological polar surface area (TPSA) is 42.1 Å². The highest BCUT2D eigenvalue weighted by molar-refractivity contribution is 5.44. The maximum atomic E-state index is 5.96. The molecule has 0 fully saturated rings. The van der Waals surface area contributed by atoms with E-state index in [1.807, 2.05) is 6.20 Å². The van der Waals surface area contributed by atoms with Crippen LogP contribution in [0.3, 0.4) is 0 Å². The van der Waals surface area contributed by atoms with E-state index < -0.39 is 0 Å². The molecular weight excluding hydrogens is 210 g/mol. The predicted octanol–water partition coefficient (Wildman–Crippen LogP) is 3.12. The fourth-order valence-electron chi connectivity index (χ4n) is 1.83. The van der Waals surface area contributed by atoms with Gasteiger partial charge in [0.15, 0.2) is 0 Å². The zero-order valence-corrected chi connectivity index (χ0v) is 11.3. The van der Waals surface area contributed by atoms with Crippen molar-refractivity contribution in [2.24, 2.45) is 5.73 Å². The lowest BCUT2D eigenvalue weighted by Gasteiger charge is -2.23. The Hall–Kier alpha value is -1.09. The molecule has 0 spiro atoms. The lowest BCUT2D eigenvalue weighted by molar-refractivity contribution is 0.673. The molecule has 0 radical (unpaired) electrons. The largest absolute Gasteiger partial charge is 0.371 e. The smallest absolute Gasteiger partial charge is 0.0572 e. The third-order valence-corrected chi connectivity index (χ3v) is 3.12. The highest BCUT2D eigenvalue weighted by Gasteiger charge is 2.07. The molecular formula is C14H25N3. The Labute approximate surface area is 105 Å². The molecule has 2 N–H and O–H groups in total. The Morgan fingerprint density at radius 1 is 1.29 bits per heavy atom. The van der Waals surface area contributed by atoms with Gasteiger partial charge in [-0.25, -0.2) is 0 Å². The Kier molecular flexibility index (Phi) is 5.98. The van der Waals surface area contributed by atoms with Crippen LogP contribution in [0.25, 0.3) is 0 Å². The molecule has 3 heteroatoms. The zero-order chi connectivity index (χ0) is 12.7. The van der Waals surface area contributed by atoms with Crippen molar-refractivity contribution in [2.75, 3.05) is 18.0 Å². The van der Waals surface area contributed by atoms with Gasteiger partial charge in [0.2, 0.25) is 0 Å². The van der Waals surface area contributed by atoms with E-state index in [0.717, 1.165) is 25.2 Å². The summed E-state index contributed by atoms with van der Waals surface area (Å²) in [4.78, 5) is 6.82. The van der Waals surface area contributed by atoms with Crippen molar-refractivity contribution in [3.63, 3.8) is 0 Å². The summed E-state index contributed by atoms with van der Waals surface area (Å²) in [6.07, 6.45) is 5.33. The second kappa shape index (κ2) is 7.28. The molecule has 1 aromatic rings. The van der Waals surface area contributed by atoms with Gasteiger partial charge in [0.25, 0.3) is 0 Å². The molecule has 1 aromatic heterocycles. The molecule has 0 saturated carbocycles. The first kappa shape index (κ1) is 14.0. The van der Waals surface area contributed by atoms with Crippen LogP contribution in [0.4, 0.5) is 5.69 Å². The highest BCUT2D eigenvalue weighted by Crippen LogP contribution is 2.17. The number of rotatable bonds is 7. The lowest BCUT2D eigenvalue weighted by atomic mass is 10.1. The van der Waals surface area contributed by atoms with Gasteiger partial charge in [-0.05, 0) is 31.9 Å².